The molecule has 1 spiro atoms. The Labute approximate surface area is 142 Å². The lowest BCUT2D eigenvalue weighted by molar-refractivity contribution is -0.143. The van der Waals surface area contributed by atoms with E-state index >= 15 is 0 Å². The molecule has 2 aliphatic rings. The number of amides is 2. The average Bonchev–Trinajstić information content (AvgIpc) is 2.90. The van der Waals surface area contributed by atoms with Gasteiger partial charge in [-0.3, -0.25) is 9.59 Å². The minimum atomic E-state index is -0.254. The minimum absolute atomic E-state index is 0.0399. The molecule has 0 saturated carbocycles. The topological polar surface area (TPSA) is 66.7 Å². The molecule has 0 N–H and O–H groups in total. The van der Waals surface area contributed by atoms with Crippen molar-refractivity contribution in [1.29, 1.82) is 0 Å². The standard InChI is InChI=1S/C18H25N3O3/c1-4-10-21-15(22)7-5-8-18(21)9-6-11-20(12-18)17(23)16-13(2)19-24-14(16)3/h4H,1,5-12H2,2-3H3. The fourth-order valence-electron chi connectivity index (χ4n) is 4.18. The Morgan fingerprint density at radius 2 is 2.12 bits per heavy atom. The first-order valence-electron chi connectivity index (χ1n) is 8.62. The van der Waals surface area contributed by atoms with Gasteiger partial charge in [0, 0.05) is 26.1 Å². The predicted octanol–water partition coefficient (Wildman–Crippen LogP) is 2.46. The molecule has 1 atom stereocenters. The lowest BCUT2D eigenvalue weighted by Gasteiger charge is -2.51. The maximum atomic E-state index is 13.0. The van der Waals surface area contributed by atoms with E-state index in [4.69, 9.17) is 4.52 Å². The van der Waals surface area contributed by atoms with Crippen molar-refractivity contribution in [2.75, 3.05) is 19.6 Å². The summed E-state index contributed by atoms with van der Waals surface area (Å²) in [7, 11) is 0. The zero-order valence-electron chi connectivity index (χ0n) is 14.5. The Hall–Kier alpha value is -2.11. The maximum absolute atomic E-state index is 13.0. The van der Waals surface area contributed by atoms with E-state index in [1.165, 1.54) is 0 Å². The van der Waals surface area contributed by atoms with Crippen LogP contribution in [0.4, 0.5) is 0 Å². The van der Waals surface area contributed by atoms with Crippen molar-refractivity contribution < 1.29 is 14.1 Å². The molecule has 1 unspecified atom stereocenters. The second-order valence-electron chi connectivity index (χ2n) is 6.90. The largest absolute Gasteiger partial charge is 0.361 e. The molecule has 0 aliphatic carbocycles. The van der Waals surface area contributed by atoms with Gasteiger partial charge in [0.25, 0.3) is 5.91 Å². The van der Waals surface area contributed by atoms with E-state index in [1.54, 1.807) is 19.9 Å². The van der Waals surface area contributed by atoms with Gasteiger partial charge in [-0.15, -0.1) is 6.58 Å². The average molecular weight is 331 g/mol. The number of carbonyl (C=O) groups is 2. The van der Waals surface area contributed by atoms with E-state index in [0.717, 1.165) is 25.7 Å². The van der Waals surface area contributed by atoms with Gasteiger partial charge in [-0.1, -0.05) is 11.2 Å². The van der Waals surface area contributed by atoms with Gasteiger partial charge in [0.1, 0.15) is 11.3 Å². The number of likely N-dealkylation sites (tertiary alicyclic amines) is 2. The second kappa shape index (κ2) is 6.42. The van der Waals surface area contributed by atoms with E-state index in [1.807, 2.05) is 9.80 Å². The Morgan fingerprint density at radius 3 is 2.79 bits per heavy atom. The van der Waals surface area contributed by atoms with Crippen molar-refractivity contribution in [1.82, 2.24) is 15.0 Å². The number of aryl methyl sites for hydroxylation is 2. The van der Waals surface area contributed by atoms with Crippen LogP contribution in [0.2, 0.25) is 0 Å². The van der Waals surface area contributed by atoms with Crippen molar-refractivity contribution in [3.05, 3.63) is 29.7 Å². The molecule has 2 amide bonds. The SMILES string of the molecule is C=CCN1C(=O)CCCC12CCCN(C(=O)c1c(C)noc1C)C2. The third kappa shape index (κ3) is 2.74. The summed E-state index contributed by atoms with van der Waals surface area (Å²) in [5.74, 6) is 0.689. The van der Waals surface area contributed by atoms with Crippen LogP contribution in [-0.2, 0) is 4.79 Å². The highest BCUT2D eigenvalue weighted by Crippen LogP contribution is 2.37. The van der Waals surface area contributed by atoms with Crippen LogP contribution in [0.15, 0.2) is 17.2 Å². The van der Waals surface area contributed by atoms with Crippen molar-refractivity contribution in [2.45, 2.75) is 51.5 Å². The summed E-state index contributed by atoms with van der Waals surface area (Å²) in [6, 6.07) is 0. The number of nitrogens with zero attached hydrogens (tertiary/aromatic N) is 3. The number of carbonyl (C=O) groups excluding carboxylic acids is 2. The van der Waals surface area contributed by atoms with E-state index in [-0.39, 0.29) is 17.4 Å². The van der Waals surface area contributed by atoms with E-state index < -0.39 is 0 Å². The lowest BCUT2D eigenvalue weighted by Crippen LogP contribution is -2.63. The van der Waals surface area contributed by atoms with Gasteiger partial charge in [-0.2, -0.15) is 0 Å². The molecule has 1 aromatic heterocycles. The van der Waals surface area contributed by atoms with Crippen LogP contribution in [0.1, 0.15) is 53.9 Å². The monoisotopic (exact) mass is 331 g/mol. The molecular formula is C18H25N3O3. The van der Waals surface area contributed by atoms with Crippen LogP contribution in [-0.4, -0.2) is 51.9 Å². The normalized spacial score (nSPS) is 24.5. The van der Waals surface area contributed by atoms with Gasteiger partial charge in [0.15, 0.2) is 0 Å². The number of rotatable bonds is 3. The Bertz CT molecular complexity index is 643. The summed E-state index contributed by atoms with van der Waals surface area (Å²) in [5.41, 5.74) is 0.931. The van der Waals surface area contributed by atoms with Gasteiger partial charge in [-0.05, 0) is 39.5 Å². The van der Waals surface area contributed by atoms with Crippen molar-refractivity contribution >= 4 is 11.8 Å². The summed E-state index contributed by atoms with van der Waals surface area (Å²) in [5, 5.41) is 3.89. The molecule has 2 saturated heterocycles. The van der Waals surface area contributed by atoms with Gasteiger partial charge < -0.3 is 14.3 Å². The highest BCUT2D eigenvalue weighted by atomic mass is 16.5. The van der Waals surface area contributed by atoms with E-state index in [9.17, 15) is 9.59 Å². The van der Waals surface area contributed by atoms with Crippen molar-refractivity contribution in [2.24, 2.45) is 0 Å². The molecule has 6 nitrogen and oxygen atoms in total. The highest BCUT2D eigenvalue weighted by molar-refractivity contribution is 5.96. The predicted molar refractivity (Wildman–Crippen MR) is 89.6 cm³/mol. The zero-order valence-corrected chi connectivity index (χ0v) is 14.5. The lowest BCUT2D eigenvalue weighted by atomic mass is 9.79. The zero-order chi connectivity index (χ0) is 17.3. The number of hydrogen-bond donors (Lipinski definition) is 0. The van der Waals surface area contributed by atoms with Crippen LogP contribution in [0, 0.1) is 13.8 Å². The van der Waals surface area contributed by atoms with Crippen molar-refractivity contribution in [3.63, 3.8) is 0 Å². The minimum Gasteiger partial charge on any atom is -0.361 e. The Balaban J connectivity index is 1.86. The van der Waals surface area contributed by atoms with Gasteiger partial charge in [-0.25, -0.2) is 0 Å². The molecule has 24 heavy (non-hydrogen) atoms. The maximum Gasteiger partial charge on any atom is 0.259 e. The van der Waals surface area contributed by atoms with Crippen LogP contribution in [0.5, 0.6) is 0 Å². The molecule has 130 valence electrons. The fraction of sp³-hybridized carbons (Fsp3) is 0.611. The van der Waals surface area contributed by atoms with Crippen LogP contribution in [0.3, 0.4) is 0 Å². The van der Waals surface area contributed by atoms with Crippen LogP contribution >= 0.6 is 0 Å². The molecule has 3 heterocycles. The van der Waals surface area contributed by atoms with Gasteiger partial charge in [0.05, 0.1) is 11.2 Å². The van der Waals surface area contributed by atoms with Crippen molar-refractivity contribution in [3.8, 4) is 0 Å². The first kappa shape index (κ1) is 16.7. The summed E-state index contributed by atoms with van der Waals surface area (Å²) >= 11 is 0. The third-order valence-corrected chi connectivity index (χ3v) is 5.31. The Kier molecular flexibility index (Phi) is 4.47. The molecule has 0 bridgehead atoms. The number of aromatic nitrogens is 1. The molecule has 2 fully saturated rings. The molecule has 0 radical (unpaired) electrons. The summed E-state index contributed by atoms with van der Waals surface area (Å²) in [4.78, 5) is 29.2. The second-order valence-corrected chi connectivity index (χ2v) is 6.90. The molecule has 0 aromatic carbocycles. The summed E-state index contributed by atoms with van der Waals surface area (Å²) < 4.78 is 5.15. The van der Waals surface area contributed by atoms with Crippen LogP contribution < -0.4 is 0 Å². The smallest absolute Gasteiger partial charge is 0.259 e. The molecule has 3 rings (SSSR count). The summed E-state index contributed by atoms with van der Waals surface area (Å²) in [6.07, 6.45) is 6.04. The van der Waals surface area contributed by atoms with E-state index in [2.05, 4.69) is 11.7 Å². The van der Waals surface area contributed by atoms with E-state index in [0.29, 0.717) is 43.1 Å². The summed E-state index contributed by atoms with van der Waals surface area (Å²) in [6.45, 7) is 9.18. The Morgan fingerprint density at radius 1 is 1.38 bits per heavy atom. The first-order chi connectivity index (χ1) is 11.5. The molecular weight excluding hydrogens is 306 g/mol. The third-order valence-electron chi connectivity index (χ3n) is 5.31. The van der Waals surface area contributed by atoms with Gasteiger partial charge >= 0.3 is 0 Å². The number of piperidine rings is 2. The van der Waals surface area contributed by atoms with Crippen LogP contribution in [0.25, 0.3) is 0 Å². The highest BCUT2D eigenvalue weighted by Gasteiger charge is 2.45. The first-order valence-corrected chi connectivity index (χ1v) is 8.62. The number of hydrogen-bond acceptors (Lipinski definition) is 4. The van der Waals surface area contributed by atoms with Gasteiger partial charge in [0.2, 0.25) is 5.91 Å². The molecule has 6 heteroatoms. The molecule has 1 aromatic rings. The molecule has 2 aliphatic heterocycles. The quantitative estimate of drug-likeness (QED) is 0.798. The fourth-order valence-corrected chi connectivity index (χ4v) is 4.18.